The van der Waals surface area contributed by atoms with Gasteiger partial charge in [-0.2, -0.15) is 0 Å². The molecule has 0 saturated carbocycles. The molecular weight excluding hydrogens is 260 g/mol. The molecule has 0 bridgehead atoms. The van der Waals surface area contributed by atoms with Crippen LogP contribution in [0.4, 0.5) is 0 Å². The van der Waals surface area contributed by atoms with Crippen molar-refractivity contribution in [3.63, 3.8) is 0 Å². The van der Waals surface area contributed by atoms with Gasteiger partial charge in [-0.1, -0.05) is 26.3 Å². The molecule has 106 valence electrons. The van der Waals surface area contributed by atoms with Gasteiger partial charge in [0.1, 0.15) is 6.04 Å². The number of nitrogens with one attached hydrogen (secondary N) is 1. The van der Waals surface area contributed by atoms with Gasteiger partial charge in [-0.3, -0.25) is 9.59 Å². The fourth-order valence-corrected chi connectivity index (χ4v) is 2.60. The zero-order valence-corrected chi connectivity index (χ0v) is 12.3. The standard InChI is InChI=1S/C14H22N2O2S/c1-3-10(2)13(14(15)18)16-12(17)8-4-6-11-7-5-9-19-11/h5,7,9-10,13H,3-4,6,8H2,1-2H3,(H2,15,18)(H,16,17). The summed E-state index contributed by atoms with van der Waals surface area (Å²) in [6.07, 6.45) is 2.93. The quantitative estimate of drug-likeness (QED) is 0.766. The van der Waals surface area contributed by atoms with E-state index >= 15 is 0 Å². The highest BCUT2D eigenvalue weighted by Gasteiger charge is 2.23. The molecule has 1 aromatic heterocycles. The van der Waals surface area contributed by atoms with Gasteiger partial charge in [-0.25, -0.2) is 0 Å². The van der Waals surface area contributed by atoms with Gasteiger partial charge in [0, 0.05) is 11.3 Å². The Labute approximate surface area is 118 Å². The van der Waals surface area contributed by atoms with E-state index in [1.54, 1.807) is 11.3 Å². The van der Waals surface area contributed by atoms with Crippen LogP contribution in [0.3, 0.4) is 0 Å². The third-order valence-electron chi connectivity index (χ3n) is 3.24. The lowest BCUT2D eigenvalue weighted by atomic mass is 9.98. The molecule has 1 heterocycles. The van der Waals surface area contributed by atoms with Crippen LogP contribution in [-0.4, -0.2) is 17.9 Å². The Morgan fingerprint density at radius 3 is 2.74 bits per heavy atom. The van der Waals surface area contributed by atoms with Crippen LogP contribution in [0.5, 0.6) is 0 Å². The molecule has 0 radical (unpaired) electrons. The van der Waals surface area contributed by atoms with E-state index in [9.17, 15) is 9.59 Å². The minimum absolute atomic E-state index is 0.0683. The molecule has 0 aliphatic rings. The van der Waals surface area contributed by atoms with Gasteiger partial charge in [-0.05, 0) is 30.2 Å². The molecule has 0 aromatic carbocycles. The van der Waals surface area contributed by atoms with Crippen molar-refractivity contribution in [2.75, 3.05) is 0 Å². The van der Waals surface area contributed by atoms with Crippen molar-refractivity contribution in [3.05, 3.63) is 22.4 Å². The molecule has 4 nitrogen and oxygen atoms in total. The summed E-state index contributed by atoms with van der Waals surface area (Å²) in [5, 5.41) is 4.77. The van der Waals surface area contributed by atoms with Gasteiger partial charge in [0.15, 0.2) is 0 Å². The third-order valence-corrected chi connectivity index (χ3v) is 4.18. The number of rotatable bonds is 8. The van der Waals surface area contributed by atoms with E-state index in [0.717, 1.165) is 19.3 Å². The number of thiophene rings is 1. The minimum Gasteiger partial charge on any atom is -0.368 e. The lowest BCUT2D eigenvalue weighted by Gasteiger charge is -2.21. The normalized spacial score (nSPS) is 13.8. The molecular formula is C14H22N2O2S. The van der Waals surface area contributed by atoms with E-state index < -0.39 is 11.9 Å². The van der Waals surface area contributed by atoms with Crippen molar-refractivity contribution in [1.29, 1.82) is 0 Å². The van der Waals surface area contributed by atoms with Crippen molar-refractivity contribution in [3.8, 4) is 0 Å². The fraction of sp³-hybridized carbons (Fsp3) is 0.571. The molecule has 0 saturated heterocycles. The van der Waals surface area contributed by atoms with Gasteiger partial charge < -0.3 is 11.1 Å². The van der Waals surface area contributed by atoms with Crippen LogP contribution in [-0.2, 0) is 16.0 Å². The molecule has 3 N–H and O–H groups in total. The highest BCUT2D eigenvalue weighted by molar-refractivity contribution is 7.09. The summed E-state index contributed by atoms with van der Waals surface area (Å²) in [5.41, 5.74) is 5.32. The second-order valence-electron chi connectivity index (χ2n) is 4.77. The lowest BCUT2D eigenvalue weighted by Crippen LogP contribution is -2.48. The van der Waals surface area contributed by atoms with Crippen LogP contribution in [0.15, 0.2) is 17.5 Å². The summed E-state index contributed by atoms with van der Waals surface area (Å²) in [4.78, 5) is 24.4. The maximum absolute atomic E-state index is 11.8. The highest BCUT2D eigenvalue weighted by Crippen LogP contribution is 2.12. The Morgan fingerprint density at radius 2 is 2.21 bits per heavy atom. The van der Waals surface area contributed by atoms with Crippen LogP contribution in [0.1, 0.15) is 38.0 Å². The van der Waals surface area contributed by atoms with E-state index in [4.69, 9.17) is 5.73 Å². The van der Waals surface area contributed by atoms with Crippen LogP contribution >= 0.6 is 11.3 Å². The first-order chi connectivity index (χ1) is 9.04. The second-order valence-corrected chi connectivity index (χ2v) is 5.80. The van der Waals surface area contributed by atoms with Crippen LogP contribution in [0.25, 0.3) is 0 Å². The molecule has 2 atom stereocenters. The van der Waals surface area contributed by atoms with Gasteiger partial charge in [0.25, 0.3) is 0 Å². The Bertz CT molecular complexity index is 404. The third kappa shape index (κ3) is 5.42. The van der Waals surface area contributed by atoms with Crippen molar-refractivity contribution >= 4 is 23.2 Å². The average Bonchev–Trinajstić information content (AvgIpc) is 2.87. The highest BCUT2D eigenvalue weighted by atomic mass is 32.1. The Balaban J connectivity index is 2.34. The summed E-state index contributed by atoms with van der Waals surface area (Å²) in [6.45, 7) is 3.89. The van der Waals surface area contributed by atoms with Crippen molar-refractivity contribution in [1.82, 2.24) is 5.32 Å². The first-order valence-corrected chi connectivity index (χ1v) is 7.53. The lowest BCUT2D eigenvalue weighted by molar-refractivity contribution is -0.128. The fourth-order valence-electron chi connectivity index (χ4n) is 1.85. The first-order valence-electron chi connectivity index (χ1n) is 6.65. The summed E-state index contributed by atoms with van der Waals surface area (Å²) < 4.78 is 0. The molecule has 1 rings (SSSR count). The number of primary amides is 1. The molecule has 19 heavy (non-hydrogen) atoms. The van der Waals surface area contributed by atoms with Crippen LogP contribution in [0, 0.1) is 5.92 Å². The smallest absolute Gasteiger partial charge is 0.240 e. The van der Waals surface area contributed by atoms with Gasteiger partial charge in [0.05, 0.1) is 0 Å². The first kappa shape index (κ1) is 15.7. The molecule has 0 spiro atoms. The van der Waals surface area contributed by atoms with E-state index in [2.05, 4.69) is 11.4 Å². The van der Waals surface area contributed by atoms with Crippen LogP contribution < -0.4 is 11.1 Å². The monoisotopic (exact) mass is 282 g/mol. The van der Waals surface area contributed by atoms with Crippen molar-refractivity contribution in [2.24, 2.45) is 11.7 Å². The zero-order valence-electron chi connectivity index (χ0n) is 11.5. The van der Waals surface area contributed by atoms with E-state index in [0.29, 0.717) is 6.42 Å². The van der Waals surface area contributed by atoms with Crippen molar-refractivity contribution < 1.29 is 9.59 Å². The second kappa shape index (κ2) is 7.94. The number of nitrogens with two attached hydrogens (primary N) is 1. The van der Waals surface area contributed by atoms with Gasteiger partial charge >= 0.3 is 0 Å². The van der Waals surface area contributed by atoms with Crippen molar-refractivity contribution in [2.45, 2.75) is 45.6 Å². The van der Waals surface area contributed by atoms with E-state index in [1.807, 2.05) is 25.3 Å². The average molecular weight is 282 g/mol. The number of carbonyl (C=O) groups is 2. The maximum Gasteiger partial charge on any atom is 0.240 e. The number of aryl methyl sites for hydroxylation is 1. The van der Waals surface area contributed by atoms with E-state index in [-0.39, 0.29) is 11.8 Å². The number of hydrogen-bond donors (Lipinski definition) is 2. The predicted octanol–water partition coefficient (Wildman–Crippen LogP) is 2.09. The number of amides is 2. The molecule has 5 heteroatoms. The largest absolute Gasteiger partial charge is 0.368 e. The molecule has 2 unspecified atom stereocenters. The Morgan fingerprint density at radius 1 is 1.47 bits per heavy atom. The molecule has 0 aliphatic heterocycles. The molecule has 0 aliphatic carbocycles. The Hall–Kier alpha value is -1.36. The van der Waals surface area contributed by atoms with Gasteiger partial charge in [-0.15, -0.1) is 11.3 Å². The summed E-state index contributed by atoms with van der Waals surface area (Å²) in [7, 11) is 0. The maximum atomic E-state index is 11.8. The topological polar surface area (TPSA) is 72.2 Å². The summed E-state index contributed by atoms with van der Waals surface area (Å²) >= 11 is 1.70. The van der Waals surface area contributed by atoms with Crippen LogP contribution in [0.2, 0.25) is 0 Å². The van der Waals surface area contributed by atoms with Gasteiger partial charge in [0.2, 0.25) is 11.8 Å². The Kier molecular flexibility index (Phi) is 6.56. The summed E-state index contributed by atoms with van der Waals surface area (Å²) in [5.74, 6) is -0.486. The predicted molar refractivity (Wildman–Crippen MR) is 77.8 cm³/mol. The molecule has 0 fully saturated rings. The molecule has 1 aromatic rings. The summed E-state index contributed by atoms with van der Waals surface area (Å²) in [6, 6.07) is 3.51. The minimum atomic E-state index is -0.556. The molecule has 2 amide bonds. The number of carbonyl (C=O) groups excluding carboxylic acids is 2. The SMILES string of the molecule is CCC(C)C(NC(=O)CCCc1cccs1)C(N)=O. The number of hydrogen-bond acceptors (Lipinski definition) is 3. The zero-order chi connectivity index (χ0) is 14.3. The van der Waals surface area contributed by atoms with E-state index in [1.165, 1.54) is 4.88 Å².